The van der Waals surface area contributed by atoms with Crippen LogP contribution < -0.4 is 5.32 Å². The average Bonchev–Trinajstić information content (AvgIpc) is 2.54. The topological polar surface area (TPSA) is 66.4 Å². The van der Waals surface area contributed by atoms with Crippen molar-refractivity contribution in [2.24, 2.45) is 5.92 Å². The lowest BCUT2D eigenvalue weighted by molar-refractivity contribution is -0.140. The average molecular weight is 320 g/mol. The summed E-state index contributed by atoms with van der Waals surface area (Å²) in [4.78, 5) is 23.3. The number of rotatable bonds is 4. The van der Waals surface area contributed by atoms with Gasteiger partial charge in [0.05, 0.1) is 8.66 Å². The number of aliphatic carboxylic acids is 1. The minimum atomic E-state index is -1.01. The summed E-state index contributed by atoms with van der Waals surface area (Å²) in [6, 6.07) is 0.882. The first-order valence-electron chi connectivity index (χ1n) is 5.12. The molecule has 0 saturated carbocycles. The molecule has 1 atom stereocenters. The van der Waals surface area contributed by atoms with E-state index in [1.165, 1.54) is 11.3 Å². The molecule has 1 aromatic rings. The molecule has 4 nitrogen and oxygen atoms in total. The summed E-state index contributed by atoms with van der Waals surface area (Å²) in [6.07, 6.45) is 0. The second kappa shape index (κ2) is 5.64. The Bertz CT molecular complexity index is 422. The first kappa shape index (κ1) is 14.2. The van der Waals surface area contributed by atoms with Crippen LogP contribution in [0.4, 0.5) is 0 Å². The summed E-state index contributed by atoms with van der Waals surface area (Å²) in [7, 11) is 0. The van der Waals surface area contributed by atoms with Crippen molar-refractivity contribution >= 4 is 39.1 Å². The highest BCUT2D eigenvalue weighted by Gasteiger charge is 2.24. The van der Waals surface area contributed by atoms with Crippen molar-refractivity contribution in [3.63, 3.8) is 0 Å². The molecule has 0 spiro atoms. The molecule has 17 heavy (non-hydrogen) atoms. The fourth-order valence-corrected chi connectivity index (χ4v) is 2.74. The number of amides is 1. The van der Waals surface area contributed by atoms with Crippen LogP contribution in [-0.4, -0.2) is 23.0 Å². The van der Waals surface area contributed by atoms with Gasteiger partial charge in [0.1, 0.15) is 6.04 Å². The van der Waals surface area contributed by atoms with E-state index in [-0.39, 0.29) is 11.8 Å². The molecule has 0 saturated heterocycles. The van der Waals surface area contributed by atoms with Crippen molar-refractivity contribution < 1.29 is 14.7 Å². The number of carbonyl (C=O) groups excluding carboxylic acids is 1. The molecule has 0 aliphatic rings. The number of hydrogen-bond acceptors (Lipinski definition) is 3. The minimum Gasteiger partial charge on any atom is -0.480 e. The Morgan fingerprint density at radius 1 is 1.47 bits per heavy atom. The van der Waals surface area contributed by atoms with E-state index in [2.05, 4.69) is 21.2 Å². The van der Waals surface area contributed by atoms with Crippen LogP contribution in [0.5, 0.6) is 0 Å². The fourth-order valence-electron chi connectivity index (χ4n) is 1.30. The highest BCUT2D eigenvalue weighted by molar-refractivity contribution is 9.11. The summed E-state index contributed by atoms with van der Waals surface area (Å²) in [6.45, 7) is 5.40. The summed E-state index contributed by atoms with van der Waals surface area (Å²) in [5.74, 6) is -1.51. The van der Waals surface area contributed by atoms with Crippen molar-refractivity contribution in [3.8, 4) is 0 Å². The van der Waals surface area contributed by atoms with Crippen LogP contribution in [0.1, 0.15) is 29.1 Å². The van der Waals surface area contributed by atoms with Crippen molar-refractivity contribution in [2.45, 2.75) is 26.8 Å². The molecule has 1 heterocycles. The quantitative estimate of drug-likeness (QED) is 0.896. The van der Waals surface area contributed by atoms with E-state index in [9.17, 15) is 9.59 Å². The van der Waals surface area contributed by atoms with Gasteiger partial charge in [-0.25, -0.2) is 4.79 Å². The summed E-state index contributed by atoms with van der Waals surface area (Å²) < 4.78 is 0.888. The van der Waals surface area contributed by atoms with Gasteiger partial charge in [-0.2, -0.15) is 0 Å². The lowest BCUT2D eigenvalue weighted by Gasteiger charge is -2.17. The molecule has 1 rings (SSSR count). The van der Waals surface area contributed by atoms with Crippen LogP contribution in [0.15, 0.2) is 9.85 Å². The van der Waals surface area contributed by atoms with Gasteiger partial charge in [-0.15, -0.1) is 11.3 Å². The van der Waals surface area contributed by atoms with Crippen LogP contribution in [-0.2, 0) is 4.79 Å². The molecule has 0 aromatic carbocycles. The zero-order valence-electron chi connectivity index (χ0n) is 9.78. The minimum absolute atomic E-state index is 0.152. The molecule has 0 radical (unpaired) electrons. The van der Waals surface area contributed by atoms with Gasteiger partial charge in [0.25, 0.3) is 5.91 Å². The monoisotopic (exact) mass is 319 g/mol. The van der Waals surface area contributed by atoms with Crippen LogP contribution in [0.2, 0.25) is 0 Å². The zero-order chi connectivity index (χ0) is 13.2. The molecule has 0 aliphatic heterocycles. The van der Waals surface area contributed by atoms with E-state index in [0.717, 1.165) is 9.35 Å². The smallest absolute Gasteiger partial charge is 0.326 e. The number of thiophene rings is 1. The van der Waals surface area contributed by atoms with E-state index < -0.39 is 12.0 Å². The fraction of sp³-hybridized carbons (Fsp3) is 0.455. The van der Waals surface area contributed by atoms with Gasteiger partial charge in [-0.05, 0) is 40.4 Å². The number of aryl methyl sites for hydroxylation is 1. The second-order valence-corrected chi connectivity index (χ2v) is 6.47. The largest absolute Gasteiger partial charge is 0.480 e. The molecule has 2 N–H and O–H groups in total. The van der Waals surface area contributed by atoms with Crippen molar-refractivity contribution in [1.29, 1.82) is 0 Å². The van der Waals surface area contributed by atoms with Gasteiger partial charge in [0.15, 0.2) is 0 Å². The maximum atomic E-state index is 11.8. The Morgan fingerprint density at radius 2 is 2.06 bits per heavy atom. The number of nitrogens with one attached hydrogen (secondary N) is 1. The predicted octanol–water partition coefficient (Wildman–Crippen LogP) is 2.66. The van der Waals surface area contributed by atoms with Gasteiger partial charge in [0.2, 0.25) is 0 Å². The maximum absolute atomic E-state index is 11.8. The lowest BCUT2D eigenvalue weighted by atomic mass is 10.0. The highest BCUT2D eigenvalue weighted by atomic mass is 79.9. The third kappa shape index (κ3) is 3.54. The molecule has 0 aliphatic carbocycles. The highest BCUT2D eigenvalue weighted by Crippen LogP contribution is 2.27. The lowest BCUT2D eigenvalue weighted by Crippen LogP contribution is -2.44. The summed E-state index contributed by atoms with van der Waals surface area (Å²) in [5, 5.41) is 11.5. The first-order valence-corrected chi connectivity index (χ1v) is 6.73. The maximum Gasteiger partial charge on any atom is 0.326 e. The molecular formula is C11H14BrNO3S. The standard InChI is InChI=1S/C11H14BrNO3S/c1-5(2)8(11(15)16)13-10(14)7-4-6(3)9(12)17-7/h4-5,8H,1-3H3,(H,13,14)(H,15,16)/t8-/m0/s1. The van der Waals surface area contributed by atoms with E-state index in [4.69, 9.17) is 5.11 Å². The van der Waals surface area contributed by atoms with Crippen LogP contribution in [0, 0.1) is 12.8 Å². The molecule has 1 aromatic heterocycles. The number of carbonyl (C=O) groups is 2. The number of halogens is 1. The van der Waals surface area contributed by atoms with Gasteiger partial charge in [-0.3, -0.25) is 4.79 Å². The second-order valence-electron chi connectivity index (χ2n) is 4.10. The number of carboxylic acids is 1. The van der Waals surface area contributed by atoms with E-state index >= 15 is 0 Å². The van der Waals surface area contributed by atoms with Gasteiger partial charge >= 0.3 is 5.97 Å². The molecular weight excluding hydrogens is 306 g/mol. The normalized spacial score (nSPS) is 12.5. The predicted molar refractivity (Wildman–Crippen MR) is 70.5 cm³/mol. The Hall–Kier alpha value is -0.880. The van der Waals surface area contributed by atoms with Crippen LogP contribution in [0.25, 0.3) is 0 Å². The third-order valence-corrected chi connectivity index (χ3v) is 4.44. The van der Waals surface area contributed by atoms with E-state index in [0.29, 0.717) is 4.88 Å². The molecule has 6 heteroatoms. The number of hydrogen-bond donors (Lipinski definition) is 2. The summed E-state index contributed by atoms with van der Waals surface area (Å²) >= 11 is 4.63. The molecule has 0 unspecified atom stereocenters. The zero-order valence-corrected chi connectivity index (χ0v) is 12.2. The molecule has 0 bridgehead atoms. The first-order chi connectivity index (χ1) is 7.82. The SMILES string of the molecule is Cc1cc(C(=O)N[C@H](C(=O)O)C(C)C)sc1Br. The van der Waals surface area contributed by atoms with Crippen molar-refractivity contribution in [3.05, 3.63) is 20.3 Å². The molecule has 94 valence electrons. The number of carboxylic acid groups (broad SMARTS) is 1. The Balaban J connectivity index is 2.81. The Labute approximate surface area is 112 Å². The van der Waals surface area contributed by atoms with Crippen molar-refractivity contribution in [2.75, 3.05) is 0 Å². The van der Waals surface area contributed by atoms with E-state index in [1.807, 2.05) is 6.92 Å². The van der Waals surface area contributed by atoms with Crippen molar-refractivity contribution in [1.82, 2.24) is 5.32 Å². The van der Waals surface area contributed by atoms with Gasteiger partial charge in [-0.1, -0.05) is 13.8 Å². The van der Waals surface area contributed by atoms with E-state index in [1.54, 1.807) is 19.9 Å². The van der Waals surface area contributed by atoms with Crippen LogP contribution in [0.3, 0.4) is 0 Å². The summed E-state index contributed by atoms with van der Waals surface area (Å²) in [5.41, 5.74) is 0.969. The Kier molecular flexibility index (Phi) is 4.70. The molecule has 0 fully saturated rings. The third-order valence-electron chi connectivity index (χ3n) is 2.30. The van der Waals surface area contributed by atoms with Gasteiger partial charge in [0, 0.05) is 0 Å². The Morgan fingerprint density at radius 3 is 2.41 bits per heavy atom. The van der Waals surface area contributed by atoms with Crippen LogP contribution >= 0.6 is 27.3 Å². The van der Waals surface area contributed by atoms with Gasteiger partial charge < -0.3 is 10.4 Å². The molecule has 1 amide bonds.